The minimum Gasteiger partial charge on any atom is -0.461 e. The second-order valence-electron chi connectivity index (χ2n) is 6.16. The summed E-state index contributed by atoms with van der Waals surface area (Å²) in [5, 5.41) is 1.18. The number of furan rings is 1. The highest BCUT2D eigenvalue weighted by atomic mass is 16.5. The maximum atomic E-state index is 5.94. The zero-order valence-electron chi connectivity index (χ0n) is 13.0. The van der Waals surface area contributed by atoms with Crippen LogP contribution in [-0.2, 0) is 17.6 Å². The highest BCUT2D eigenvalue weighted by Gasteiger charge is 2.32. The van der Waals surface area contributed by atoms with Gasteiger partial charge >= 0.3 is 0 Å². The number of aryl methyl sites for hydroxylation is 1. The molecule has 0 fully saturated rings. The molecule has 1 aliphatic carbocycles. The Kier molecular flexibility index (Phi) is 3.27. The third kappa shape index (κ3) is 2.06. The Labute approximate surface area is 130 Å². The summed E-state index contributed by atoms with van der Waals surface area (Å²) in [7, 11) is 1.81. The van der Waals surface area contributed by atoms with Gasteiger partial charge in [-0.15, -0.1) is 0 Å². The van der Waals surface area contributed by atoms with Gasteiger partial charge in [0, 0.05) is 18.1 Å². The van der Waals surface area contributed by atoms with Gasteiger partial charge in [-0.1, -0.05) is 42.5 Å². The summed E-state index contributed by atoms with van der Waals surface area (Å²) in [6.07, 6.45) is 2.23. The fraction of sp³-hybridized carbons (Fsp3) is 0.300. The average molecular weight is 292 g/mol. The van der Waals surface area contributed by atoms with Crippen molar-refractivity contribution in [3.8, 4) is 0 Å². The third-order valence-electron chi connectivity index (χ3n) is 4.87. The van der Waals surface area contributed by atoms with E-state index in [0.717, 1.165) is 24.2 Å². The summed E-state index contributed by atoms with van der Waals surface area (Å²) >= 11 is 0. The standard InChI is InChI=1S/C20H20O2/c1-13-19(17-9-5-6-10-18(17)22-13)20(21-2)16-11-14-7-3-4-8-15(14)12-16/h3-10,16,20H,11-12H2,1-2H3. The molecule has 1 atom stereocenters. The van der Waals surface area contributed by atoms with Gasteiger partial charge < -0.3 is 9.15 Å². The molecule has 1 unspecified atom stereocenters. The van der Waals surface area contributed by atoms with Crippen molar-refractivity contribution in [1.29, 1.82) is 0 Å². The number of ether oxygens (including phenoxy) is 1. The van der Waals surface area contributed by atoms with Crippen LogP contribution in [0.5, 0.6) is 0 Å². The number of methoxy groups -OCH3 is 1. The lowest BCUT2D eigenvalue weighted by Crippen LogP contribution is -2.16. The molecule has 112 valence electrons. The van der Waals surface area contributed by atoms with Gasteiger partial charge in [0.2, 0.25) is 0 Å². The second-order valence-corrected chi connectivity index (χ2v) is 6.16. The van der Waals surface area contributed by atoms with E-state index < -0.39 is 0 Å². The lowest BCUT2D eigenvalue weighted by molar-refractivity contribution is 0.0546. The van der Waals surface area contributed by atoms with Gasteiger partial charge in [0.05, 0.1) is 6.10 Å². The van der Waals surface area contributed by atoms with E-state index in [0.29, 0.717) is 5.92 Å². The molecule has 2 aromatic carbocycles. The molecule has 0 saturated carbocycles. The fourth-order valence-electron chi connectivity index (χ4n) is 3.89. The van der Waals surface area contributed by atoms with Crippen molar-refractivity contribution in [2.75, 3.05) is 7.11 Å². The summed E-state index contributed by atoms with van der Waals surface area (Å²) in [6.45, 7) is 2.05. The van der Waals surface area contributed by atoms with Crippen LogP contribution in [0.15, 0.2) is 52.9 Å². The van der Waals surface area contributed by atoms with Gasteiger partial charge in [-0.2, -0.15) is 0 Å². The molecule has 1 aliphatic rings. The molecule has 0 amide bonds. The Balaban J connectivity index is 1.75. The lowest BCUT2D eigenvalue weighted by Gasteiger charge is -2.22. The van der Waals surface area contributed by atoms with Crippen LogP contribution in [0.2, 0.25) is 0 Å². The van der Waals surface area contributed by atoms with Crippen molar-refractivity contribution in [2.45, 2.75) is 25.9 Å². The van der Waals surface area contributed by atoms with E-state index in [9.17, 15) is 0 Å². The van der Waals surface area contributed by atoms with Crippen LogP contribution in [0.3, 0.4) is 0 Å². The van der Waals surface area contributed by atoms with E-state index in [4.69, 9.17) is 9.15 Å². The normalized spacial score (nSPS) is 16.1. The van der Waals surface area contributed by atoms with Crippen LogP contribution in [0.1, 0.15) is 28.6 Å². The van der Waals surface area contributed by atoms with Crippen molar-refractivity contribution in [1.82, 2.24) is 0 Å². The Morgan fingerprint density at radius 3 is 2.32 bits per heavy atom. The van der Waals surface area contributed by atoms with Gasteiger partial charge in [0.25, 0.3) is 0 Å². The molecule has 1 aromatic heterocycles. The van der Waals surface area contributed by atoms with Crippen LogP contribution in [-0.4, -0.2) is 7.11 Å². The first-order chi connectivity index (χ1) is 10.8. The van der Waals surface area contributed by atoms with Crippen LogP contribution >= 0.6 is 0 Å². The maximum Gasteiger partial charge on any atom is 0.134 e. The number of hydrogen-bond donors (Lipinski definition) is 0. The molecule has 0 aliphatic heterocycles. The third-order valence-corrected chi connectivity index (χ3v) is 4.87. The Morgan fingerprint density at radius 2 is 1.64 bits per heavy atom. The predicted octanol–water partition coefficient (Wildman–Crippen LogP) is 4.84. The molecule has 0 bridgehead atoms. The summed E-state index contributed by atoms with van der Waals surface area (Å²) in [5.74, 6) is 1.45. The Bertz CT molecular complexity index is 790. The molecule has 2 heteroatoms. The number of para-hydroxylation sites is 1. The van der Waals surface area contributed by atoms with E-state index in [1.165, 1.54) is 22.1 Å². The largest absolute Gasteiger partial charge is 0.461 e. The molecular formula is C20H20O2. The van der Waals surface area contributed by atoms with Gasteiger partial charge in [-0.05, 0) is 42.9 Å². The highest BCUT2D eigenvalue weighted by molar-refractivity contribution is 5.82. The van der Waals surface area contributed by atoms with Gasteiger partial charge in [0.15, 0.2) is 0 Å². The van der Waals surface area contributed by atoms with Crippen molar-refractivity contribution in [3.63, 3.8) is 0 Å². The molecule has 0 spiro atoms. The number of fused-ring (bicyclic) bond motifs is 2. The first-order valence-electron chi connectivity index (χ1n) is 7.85. The van der Waals surface area contributed by atoms with Crippen LogP contribution in [0, 0.1) is 12.8 Å². The molecule has 3 aromatic rings. The summed E-state index contributed by atoms with van der Waals surface area (Å²) in [5.41, 5.74) is 5.09. The first kappa shape index (κ1) is 13.6. The van der Waals surface area contributed by atoms with Gasteiger partial charge in [0.1, 0.15) is 11.3 Å². The zero-order chi connectivity index (χ0) is 15.1. The number of hydrogen-bond acceptors (Lipinski definition) is 2. The topological polar surface area (TPSA) is 22.4 Å². The monoisotopic (exact) mass is 292 g/mol. The first-order valence-corrected chi connectivity index (χ1v) is 7.85. The van der Waals surface area contributed by atoms with Crippen LogP contribution in [0.25, 0.3) is 11.0 Å². The minimum atomic E-state index is 0.0797. The summed E-state index contributed by atoms with van der Waals surface area (Å²) in [6, 6.07) is 17.0. The lowest BCUT2D eigenvalue weighted by atomic mass is 9.91. The molecule has 0 saturated heterocycles. The number of benzene rings is 2. The second kappa shape index (κ2) is 5.29. The van der Waals surface area contributed by atoms with Gasteiger partial charge in [-0.3, -0.25) is 0 Å². The molecule has 22 heavy (non-hydrogen) atoms. The summed E-state index contributed by atoms with van der Waals surface area (Å²) in [4.78, 5) is 0. The SMILES string of the molecule is COC(c1c(C)oc2ccccc12)C1Cc2ccccc2C1. The molecule has 4 rings (SSSR count). The molecule has 0 radical (unpaired) electrons. The van der Waals surface area contributed by atoms with Crippen molar-refractivity contribution in [2.24, 2.45) is 5.92 Å². The van der Waals surface area contributed by atoms with E-state index >= 15 is 0 Å². The van der Waals surface area contributed by atoms with E-state index in [1.54, 1.807) is 0 Å². The zero-order valence-corrected chi connectivity index (χ0v) is 13.0. The quantitative estimate of drug-likeness (QED) is 0.689. The van der Waals surface area contributed by atoms with E-state index in [2.05, 4.69) is 36.4 Å². The number of rotatable bonds is 3. The average Bonchev–Trinajstić information content (AvgIpc) is 3.10. The molecular weight excluding hydrogens is 272 g/mol. The Morgan fingerprint density at radius 1 is 1.00 bits per heavy atom. The van der Waals surface area contributed by atoms with Gasteiger partial charge in [-0.25, -0.2) is 0 Å². The molecule has 0 N–H and O–H groups in total. The minimum absolute atomic E-state index is 0.0797. The molecule has 1 heterocycles. The highest BCUT2D eigenvalue weighted by Crippen LogP contribution is 2.41. The smallest absolute Gasteiger partial charge is 0.134 e. The van der Waals surface area contributed by atoms with Crippen molar-refractivity contribution in [3.05, 3.63) is 71.0 Å². The maximum absolute atomic E-state index is 5.94. The van der Waals surface area contributed by atoms with Crippen molar-refractivity contribution < 1.29 is 9.15 Å². The summed E-state index contributed by atoms with van der Waals surface area (Å²) < 4.78 is 11.9. The van der Waals surface area contributed by atoms with Crippen LogP contribution in [0.4, 0.5) is 0 Å². The van der Waals surface area contributed by atoms with Crippen molar-refractivity contribution >= 4 is 11.0 Å². The Hall–Kier alpha value is -2.06. The predicted molar refractivity (Wildman–Crippen MR) is 88.0 cm³/mol. The van der Waals surface area contributed by atoms with Crippen LogP contribution < -0.4 is 0 Å². The van der Waals surface area contributed by atoms with E-state index in [-0.39, 0.29) is 6.10 Å². The molecule has 2 nitrogen and oxygen atoms in total. The fourth-order valence-corrected chi connectivity index (χ4v) is 3.89. The van der Waals surface area contributed by atoms with E-state index in [1.807, 2.05) is 26.2 Å².